The maximum atomic E-state index is 12.9. The number of aryl methyl sites for hydroxylation is 4. The molecule has 0 spiro atoms. The molecule has 1 fully saturated rings. The molecule has 4 aliphatic rings. The van der Waals surface area contributed by atoms with Gasteiger partial charge in [-0.25, -0.2) is 34.7 Å². The van der Waals surface area contributed by atoms with Gasteiger partial charge < -0.3 is 67.3 Å². The number of aromatic nitrogens is 6. The summed E-state index contributed by atoms with van der Waals surface area (Å²) in [4.78, 5) is 96.1. The fourth-order valence-corrected chi connectivity index (χ4v) is 12.4. The number of piperidine rings is 1. The van der Waals surface area contributed by atoms with Crippen molar-refractivity contribution in [2.45, 2.75) is 85.4 Å². The molecule has 0 saturated carbocycles. The number of hydrogen-bond acceptors (Lipinski definition) is 25. The van der Waals surface area contributed by atoms with Crippen molar-refractivity contribution in [1.29, 1.82) is 5.26 Å². The number of Topliss-reactive ketones (excluding diaryl/α,β-unsaturated/α-hetero) is 1. The lowest BCUT2D eigenvalue weighted by Crippen LogP contribution is -2.36. The second-order valence-electron chi connectivity index (χ2n) is 26.7. The van der Waals surface area contributed by atoms with Crippen molar-refractivity contribution in [2.75, 3.05) is 121 Å². The number of nitro benzene ring substituents is 3. The molecular weight excluding hydrogens is 1520 g/mol. The number of aliphatic imine (C=N–C) groups is 1. The zero-order chi connectivity index (χ0) is 84.7. The first kappa shape index (κ1) is 87.6. The molecule has 6 aromatic carbocycles. The van der Waals surface area contributed by atoms with Gasteiger partial charge in [-0.2, -0.15) is 26.3 Å². The number of benzene rings is 6. The van der Waals surface area contributed by atoms with Crippen LogP contribution in [0.4, 0.5) is 100 Å². The summed E-state index contributed by atoms with van der Waals surface area (Å²) in [5, 5.41) is 54.9. The number of guanidine groups is 1. The molecule has 7 heterocycles. The first-order valence-corrected chi connectivity index (χ1v) is 35.9. The van der Waals surface area contributed by atoms with Gasteiger partial charge in [-0.05, 0) is 98.5 Å². The number of nitrogens with zero attached hydrogens (tertiary/aromatic N) is 16. The number of carbonyl (C=O) groups is 2. The van der Waals surface area contributed by atoms with Crippen LogP contribution in [0.3, 0.4) is 0 Å². The van der Waals surface area contributed by atoms with Crippen LogP contribution in [0.1, 0.15) is 73.6 Å². The van der Waals surface area contributed by atoms with E-state index in [9.17, 15) is 66.3 Å². The topological polar surface area (TPSA) is 415 Å². The number of ketones is 1. The quantitative estimate of drug-likeness (QED) is 0.0101. The lowest BCUT2D eigenvalue weighted by molar-refractivity contribution is -0.385. The van der Waals surface area contributed by atoms with Crippen LogP contribution < -0.4 is 62.4 Å². The molecule has 0 radical (unpaired) electrons. The number of ether oxygens (including phenoxy) is 1. The fraction of sp³-hybridized carbons (Fsp3) is 0.308. The molecule has 9 aromatic rings. The number of urea groups is 1. The van der Waals surface area contributed by atoms with Gasteiger partial charge in [-0.15, -0.1) is 5.26 Å². The van der Waals surface area contributed by atoms with Gasteiger partial charge in [0.25, 0.3) is 23.3 Å². The van der Waals surface area contributed by atoms with E-state index in [4.69, 9.17) is 16.7 Å². The Balaban J connectivity index is 0.000000183. The third-order valence-electron chi connectivity index (χ3n) is 18.3. The minimum absolute atomic E-state index is 0.0586. The van der Waals surface area contributed by atoms with Gasteiger partial charge in [-0.1, -0.05) is 36.4 Å². The summed E-state index contributed by atoms with van der Waals surface area (Å²) < 4.78 is 79.1. The lowest BCUT2D eigenvalue weighted by atomic mass is 10.0. The number of halogens is 6. The molecule has 0 atom stereocenters. The van der Waals surface area contributed by atoms with E-state index < -0.39 is 34.4 Å². The van der Waals surface area contributed by atoms with E-state index >= 15 is 0 Å². The van der Waals surface area contributed by atoms with E-state index in [1.807, 2.05) is 88.5 Å². The van der Waals surface area contributed by atoms with Crippen molar-refractivity contribution < 1.29 is 55.4 Å². The highest BCUT2D eigenvalue weighted by molar-refractivity contribution is 6.00. The van der Waals surface area contributed by atoms with Crippen molar-refractivity contribution >= 4 is 86.8 Å². The Kier molecular flexibility index (Phi) is 30.1. The number of rotatable bonds is 14. The number of nitrogens with one attached hydrogen (secondary N) is 5. The predicted molar refractivity (Wildman–Crippen MR) is 431 cm³/mol. The van der Waals surface area contributed by atoms with Gasteiger partial charge >= 0.3 is 18.4 Å². The van der Waals surface area contributed by atoms with E-state index in [2.05, 4.69) is 80.9 Å². The molecule has 13 rings (SSSR count). The first-order valence-electron chi connectivity index (χ1n) is 35.9. The van der Waals surface area contributed by atoms with Crippen molar-refractivity contribution in [3.05, 3.63) is 249 Å². The molecule has 32 nitrogen and oxygen atoms in total. The third-order valence-corrected chi connectivity index (χ3v) is 18.3. The van der Waals surface area contributed by atoms with Gasteiger partial charge in [0.2, 0.25) is 17.8 Å². The second kappa shape index (κ2) is 39.9. The van der Waals surface area contributed by atoms with E-state index in [-0.39, 0.29) is 50.1 Å². The van der Waals surface area contributed by atoms with Gasteiger partial charge in [0.1, 0.15) is 5.75 Å². The molecule has 3 aromatic heterocycles. The molecule has 0 bridgehead atoms. The highest BCUT2D eigenvalue weighted by atomic mass is 19.4. The fourth-order valence-electron chi connectivity index (χ4n) is 12.4. The Morgan fingerprint density at radius 2 is 0.897 bits per heavy atom. The molecular formula is C78H87F6N23O9. The molecule has 610 valence electrons. The van der Waals surface area contributed by atoms with Crippen LogP contribution in [-0.4, -0.2) is 142 Å². The first-order chi connectivity index (χ1) is 55.1. The number of fused-ring (bicyclic) bond motifs is 3. The maximum absolute atomic E-state index is 12.9. The maximum Gasteiger partial charge on any atom is 0.416 e. The average molecular weight is 1600 g/mol. The van der Waals surface area contributed by atoms with E-state index in [1.54, 1.807) is 75.7 Å². The zero-order valence-electron chi connectivity index (χ0n) is 65.1. The number of nitrogens with two attached hydrogens (primary N) is 2. The number of nitro groups is 3. The molecule has 0 unspecified atom stereocenters. The summed E-state index contributed by atoms with van der Waals surface area (Å²) in [6.45, 7) is 13.2. The standard InChI is InChI=1S/C23H23F3N6O.2C15H17N5O2.C15H19N3O3.C8H4F3NO.C2H7N3/c1-14-6-7-18(30-22(33)29-17-5-3-4-16(10-17)23(24,25)26)11-20(14)32-9-8-19-15(13-32)12-28-21(27-2)31-19;2*1-10-3-4-12(20(21)22)7-14(10)19-6-5-13-11(9-19)8-17-15(16-2)18-13;1-11-4-5-13(18(20)21)8-14(11)17-7-6-15(19)12(10-17)9-16(2)3;9-8(10,11)6-2-1-3-7(4-6)13-5-12;1-5-2(3)4/h3-7,10-12H,8-9,13H2,1-2H3,(H,27,28,31)(H2,29,30,33);2*3-4,7-8H,5-6,9H2,1-2H3,(H,16,17,18);4-5,8-9H,6-7,10H2,1-3H3;1-4H;1H3,(H4,3,4,5)/b;;;12-9-;;. The Bertz CT molecular complexity index is 5010. The van der Waals surface area contributed by atoms with Crippen LogP contribution in [0, 0.1) is 69.6 Å². The lowest BCUT2D eigenvalue weighted by Gasteiger charge is -2.31. The van der Waals surface area contributed by atoms with E-state index in [0.717, 1.165) is 148 Å². The number of anilines is 9. The number of non-ortho nitro benzene ring substituents is 3. The van der Waals surface area contributed by atoms with Crippen LogP contribution in [0.15, 0.2) is 157 Å². The van der Waals surface area contributed by atoms with E-state index in [1.165, 1.54) is 43.6 Å². The Hall–Kier alpha value is -14.0. The summed E-state index contributed by atoms with van der Waals surface area (Å²) in [5.74, 6) is 2.00. The van der Waals surface area contributed by atoms with Crippen LogP contribution in [0.25, 0.3) is 0 Å². The van der Waals surface area contributed by atoms with E-state index in [0.29, 0.717) is 62.7 Å². The minimum Gasteiger partial charge on any atom is -0.388 e. The SMILES string of the molecule is CN=C(N)N.CNc1ncc2c(n1)CCN(c1cc(NC(=O)Nc3cccc(C(F)(F)F)c3)ccc1C)C2.CNc1ncc2c(n1)CCN(c1cc([N+](=O)[O-])ccc1C)C2.CNc1ncc2c(n1)CCN(c1cc([N+](=O)[O-])ccc1C)C2.Cc1ccc([N+](=O)[O-])cc1N1CCC(=O)/C(=C\N(C)C)C1.N#COc1cccc(C(F)(F)F)c1. The Morgan fingerprint density at radius 1 is 0.543 bits per heavy atom. The molecule has 0 aliphatic carbocycles. The summed E-state index contributed by atoms with van der Waals surface area (Å²) in [6, 6.07) is 28.3. The monoisotopic (exact) mass is 1600 g/mol. The van der Waals surface area contributed by atoms with Crippen LogP contribution in [0.5, 0.6) is 5.75 Å². The molecule has 116 heavy (non-hydrogen) atoms. The average Bonchev–Trinajstić information content (AvgIpc) is 0.805. The number of carbonyl (C=O) groups excluding carboxylic acids is 2. The second-order valence-corrected chi connectivity index (χ2v) is 26.7. The number of nitriles is 1. The summed E-state index contributed by atoms with van der Waals surface area (Å²) in [6.07, 6.45) is 2.50. The van der Waals surface area contributed by atoms with Crippen molar-refractivity contribution in [3.63, 3.8) is 0 Å². The predicted octanol–water partition coefficient (Wildman–Crippen LogP) is 13.2. The largest absolute Gasteiger partial charge is 0.416 e. The molecule has 4 aliphatic heterocycles. The van der Waals surface area contributed by atoms with Gasteiger partial charge in [0, 0.05) is 238 Å². The summed E-state index contributed by atoms with van der Waals surface area (Å²) in [5.41, 5.74) is 23.5. The Morgan fingerprint density at radius 3 is 1.26 bits per heavy atom. The van der Waals surface area contributed by atoms with Crippen LogP contribution >= 0.6 is 0 Å². The normalized spacial score (nSPS) is 13.5. The van der Waals surface area contributed by atoms with Crippen molar-refractivity contribution in [2.24, 2.45) is 16.5 Å². The molecule has 1 saturated heterocycles. The summed E-state index contributed by atoms with van der Waals surface area (Å²) >= 11 is 0. The smallest absolute Gasteiger partial charge is 0.388 e. The highest BCUT2D eigenvalue weighted by Gasteiger charge is 2.33. The van der Waals surface area contributed by atoms with Crippen molar-refractivity contribution in [3.8, 4) is 12.0 Å². The number of hydrogen-bond donors (Lipinski definition) is 7. The highest BCUT2D eigenvalue weighted by Crippen LogP contribution is 2.37. The van der Waals surface area contributed by atoms with Crippen molar-refractivity contribution in [1.82, 2.24) is 34.8 Å². The number of alkyl halides is 6. The van der Waals surface area contributed by atoms with Gasteiger partial charge in [-0.3, -0.25) is 40.1 Å². The number of amides is 2. The molecule has 9 N–H and O–H groups in total. The Labute approximate surface area is 663 Å². The zero-order valence-corrected chi connectivity index (χ0v) is 65.1. The minimum atomic E-state index is -4.48. The van der Waals surface area contributed by atoms with Gasteiger partial charge in [0.15, 0.2) is 11.7 Å². The van der Waals surface area contributed by atoms with Crippen LogP contribution in [-0.2, 0) is 56.0 Å². The van der Waals surface area contributed by atoms with Gasteiger partial charge in [0.05, 0.1) is 43.0 Å². The summed E-state index contributed by atoms with van der Waals surface area (Å²) in [7, 11) is 10.7. The molecule has 38 heteroatoms. The van der Waals surface area contributed by atoms with Crippen LogP contribution in [0.2, 0.25) is 0 Å². The molecule has 2 amide bonds. The third kappa shape index (κ3) is 24.5.